The van der Waals surface area contributed by atoms with Gasteiger partial charge >= 0.3 is 0 Å². The van der Waals surface area contributed by atoms with Gasteiger partial charge in [-0.1, -0.05) is 49.7 Å². The predicted octanol–water partition coefficient (Wildman–Crippen LogP) is 6.23. The Morgan fingerprint density at radius 2 is 1.71 bits per heavy atom. The van der Waals surface area contributed by atoms with E-state index in [1.54, 1.807) is 24.3 Å². The van der Waals surface area contributed by atoms with Crippen LogP contribution in [-0.4, -0.2) is 76.1 Å². The summed E-state index contributed by atoms with van der Waals surface area (Å²) in [7, 11) is 0. The highest BCUT2D eigenvalue weighted by atomic mass is 35.5. The molecule has 48 heavy (non-hydrogen) atoms. The zero-order chi connectivity index (χ0) is 33.7. The van der Waals surface area contributed by atoms with E-state index in [1.165, 1.54) is 12.3 Å². The van der Waals surface area contributed by atoms with Crippen LogP contribution in [0.5, 0.6) is 0 Å². The van der Waals surface area contributed by atoms with Crippen molar-refractivity contribution in [2.75, 3.05) is 32.7 Å². The van der Waals surface area contributed by atoms with Crippen molar-refractivity contribution in [2.24, 2.45) is 33.5 Å². The first-order valence-electron chi connectivity index (χ1n) is 17.7. The molecule has 1 aromatic heterocycles. The van der Waals surface area contributed by atoms with Gasteiger partial charge in [0.2, 0.25) is 0 Å². The van der Waals surface area contributed by atoms with Crippen molar-refractivity contribution in [3.63, 3.8) is 0 Å². The molecule has 0 radical (unpaired) electrons. The number of allylic oxidation sites excluding steroid dienone is 4. The largest absolute Gasteiger partial charge is 0.459 e. The molecule has 1 unspecified atom stereocenters. The average molecular weight is 677 g/mol. The monoisotopic (exact) mass is 676 g/mol. The van der Waals surface area contributed by atoms with Gasteiger partial charge < -0.3 is 19.5 Å². The number of benzene rings is 1. The van der Waals surface area contributed by atoms with Crippen LogP contribution in [0, 0.1) is 39.3 Å². The van der Waals surface area contributed by atoms with Crippen LogP contribution in [0.25, 0.3) is 0 Å². The summed E-state index contributed by atoms with van der Waals surface area (Å²) in [5.41, 5.74) is -1.68. The van der Waals surface area contributed by atoms with Crippen LogP contribution in [-0.2, 0) is 11.2 Å². The van der Waals surface area contributed by atoms with Crippen molar-refractivity contribution >= 4 is 23.3 Å². The first kappa shape index (κ1) is 32.4. The van der Waals surface area contributed by atoms with Gasteiger partial charge in [0.25, 0.3) is 5.91 Å². The van der Waals surface area contributed by atoms with E-state index in [1.807, 2.05) is 4.90 Å². The number of aliphatic hydroxyl groups excluding tert-OH is 1. The summed E-state index contributed by atoms with van der Waals surface area (Å²) in [4.78, 5) is 31.6. The van der Waals surface area contributed by atoms with E-state index >= 15 is 4.39 Å². The molecule has 1 aliphatic heterocycles. The van der Waals surface area contributed by atoms with Gasteiger partial charge in [0.15, 0.2) is 11.5 Å². The van der Waals surface area contributed by atoms with E-state index in [9.17, 15) is 19.8 Å². The average Bonchev–Trinajstić information content (AvgIpc) is 3.69. The van der Waals surface area contributed by atoms with E-state index < -0.39 is 33.8 Å². The smallest absolute Gasteiger partial charge is 0.289 e. The summed E-state index contributed by atoms with van der Waals surface area (Å²) >= 11 is 6.45. The Bertz CT molecular complexity index is 1680. The van der Waals surface area contributed by atoms with Crippen LogP contribution in [0.1, 0.15) is 74.9 Å². The van der Waals surface area contributed by atoms with Gasteiger partial charge in [0.1, 0.15) is 5.82 Å². The molecule has 8 atom stereocenters. The number of rotatable bonds is 6. The third-order valence-electron chi connectivity index (χ3n) is 14.3. The highest BCUT2D eigenvalue weighted by Gasteiger charge is 2.74. The Hall–Kier alpha value is -2.78. The molecule has 2 N–H and O–H groups in total. The summed E-state index contributed by atoms with van der Waals surface area (Å²) in [5.74, 6) is -0.175. The second kappa shape index (κ2) is 11.1. The number of furan rings is 1. The summed E-state index contributed by atoms with van der Waals surface area (Å²) in [6.45, 7) is 7.57. The molecule has 7 aliphatic rings. The maximum atomic E-state index is 15.0. The Morgan fingerprint density at radius 1 is 0.979 bits per heavy atom. The second-order valence-electron chi connectivity index (χ2n) is 16.2. The lowest BCUT2D eigenvalue weighted by Gasteiger charge is -2.71. The van der Waals surface area contributed by atoms with Gasteiger partial charge in [0, 0.05) is 71.5 Å². The topological polar surface area (TPSA) is 94.2 Å². The van der Waals surface area contributed by atoms with Crippen LogP contribution in [0.3, 0.4) is 0 Å². The molecule has 2 spiro atoms. The van der Waals surface area contributed by atoms with Crippen LogP contribution < -0.4 is 0 Å². The molecule has 1 amide bonds. The fourth-order valence-electron chi connectivity index (χ4n) is 11.6. The molecule has 256 valence electrons. The van der Waals surface area contributed by atoms with Gasteiger partial charge in [-0.25, -0.2) is 4.39 Å². The lowest BCUT2D eigenvalue weighted by molar-refractivity contribution is -0.179. The van der Waals surface area contributed by atoms with Crippen molar-refractivity contribution < 1.29 is 28.6 Å². The number of β-amino-alcohol motifs (C(OH)–C–C–N with tert-alkyl or cyclic N) is 1. The number of hydrogen-bond donors (Lipinski definition) is 2. The molecular weight excluding hydrogens is 631 g/mol. The molecule has 9 rings (SSSR count). The van der Waals surface area contributed by atoms with Crippen molar-refractivity contribution in [2.45, 2.75) is 76.9 Å². The molecule has 2 heterocycles. The first-order valence-corrected chi connectivity index (χ1v) is 18.1. The number of Topliss-reactive ketones (excluding diaryl/α,β-unsaturated/α-hetero) is 1. The predicted molar refractivity (Wildman–Crippen MR) is 180 cm³/mol. The molecule has 7 nitrogen and oxygen atoms in total. The number of nitrogens with zero attached hydrogens (tertiary/aromatic N) is 2. The van der Waals surface area contributed by atoms with Crippen molar-refractivity contribution in [3.8, 4) is 0 Å². The minimum Gasteiger partial charge on any atom is -0.459 e. The van der Waals surface area contributed by atoms with E-state index in [4.69, 9.17) is 16.0 Å². The zero-order valence-electron chi connectivity index (χ0n) is 27.9. The highest BCUT2D eigenvalue weighted by Crippen LogP contribution is 2.78. The van der Waals surface area contributed by atoms with Gasteiger partial charge in [-0.3, -0.25) is 14.5 Å². The maximum Gasteiger partial charge on any atom is 0.289 e. The van der Waals surface area contributed by atoms with Crippen molar-refractivity contribution in [1.29, 1.82) is 0 Å². The number of aliphatic hydroxyl groups is 2. The quantitative estimate of drug-likeness (QED) is 0.353. The number of hydrogen-bond acceptors (Lipinski definition) is 6. The van der Waals surface area contributed by atoms with Crippen LogP contribution in [0.15, 0.2) is 64.8 Å². The normalized spacial score (nSPS) is 40.2. The summed E-state index contributed by atoms with van der Waals surface area (Å²) in [6.07, 6.45) is 13.0. The summed E-state index contributed by atoms with van der Waals surface area (Å²) in [5, 5.41) is 23.9. The highest BCUT2D eigenvalue weighted by molar-refractivity contribution is 6.31. The van der Waals surface area contributed by atoms with Gasteiger partial charge in [0.05, 0.1) is 18.0 Å². The maximum absolute atomic E-state index is 15.0. The fourth-order valence-corrected chi connectivity index (χ4v) is 11.9. The van der Waals surface area contributed by atoms with E-state index in [0.29, 0.717) is 51.3 Å². The lowest BCUT2D eigenvalue weighted by atomic mass is 9.32. The first-order chi connectivity index (χ1) is 22.9. The molecule has 1 saturated heterocycles. The molecule has 1 aromatic carbocycles. The van der Waals surface area contributed by atoms with Gasteiger partial charge in [-0.2, -0.15) is 0 Å². The minimum atomic E-state index is -0.975. The molecule has 2 aromatic rings. The lowest BCUT2D eigenvalue weighted by Crippen LogP contribution is -2.67. The summed E-state index contributed by atoms with van der Waals surface area (Å²) in [6, 6.07) is 7.95. The number of amides is 1. The van der Waals surface area contributed by atoms with Crippen molar-refractivity contribution in [1.82, 2.24) is 9.80 Å². The number of carbonyl (C=O) groups excluding carboxylic acids is 2. The third-order valence-corrected chi connectivity index (χ3v) is 14.6. The van der Waals surface area contributed by atoms with Crippen LogP contribution >= 0.6 is 11.6 Å². The van der Waals surface area contributed by atoms with Crippen LogP contribution in [0.4, 0.5) is 4.39 Å². The molecule has 6 aliphatic carbocycles. The Kier molecular flexibility index (Phi) is 7.51. The summed E-state index contributed by atoms with van der Waals surface area (Å²) < 4.78 is 20.4. The van der Waals surface area contributed by atoms with Gasteiger partial charge in [-0.05, 0) is 86.5 Å². The standard InChI is InChI=1S/C39H46ClFN2O5/c1-35-11-8-25(44)22-37(35)14-15-39(27(23-37)30(45)21-26-28(40)5-3-6-29(26)41)32(35)9-12-36(2)33(39)10-13-38(36,47)24-42-16-18-43(19-17-42)34(46)31-7-4-20-48-31/h3-7,14-15,20,23,25,32-33,44,47H,8-13,16-19,21-22,24H2,1-2H3/t25?,32-,33-,35-,36+,37+,38-,39-/m1/s1. The molecular formula is C39H46ClFN2O5. The van der Waals surface area contributed by atoms with Crippen LogP contribution in [0.2, 0.25) is 5.02 Å². The molecule has 2 bridgehead atoms. The number of fused-ring (bicyclic) bond motifs is 1. The Balaban J connectivity index is 1.12. The molecule has 3 saturated carbocycles. The number of ketones is 1. The van der Waals surface area contributed by atoms with Crippen molar-refractivity contribution in [3.05, 3.63) is 82.6 Å². The second-order valence-corrected chi connectivity index (χ2v) is 16.6. The molecule has 4 fully saturated rings. The third kappa shape index (κ3) is 4.41. The minimum absolute atomic E-state index is 0.0140. The van der Waals surface area contributed by atoms with E-state index in [2.05, 4.69) is 37.0 Å². The Labute approximate surface area is 286 Å². The molecule has 9 heteroatoms. The fraction of sp³-hybridized carbons (Fsp3) is 0.590. The SMILES string of the molecule is C[C@]12CC[C@H]3[C@]4(C=C[C@@]5(C=C4C(=O)Cc4c(F)cccc4Cl)CC(O)CC[C@]35C)[C@@H]1CC[C@@]2(O)CN1CCN(C(=O)c2ccco2)CC1. The zero-order valence-corrected chi connectivity index (χ0v) is 28.6. The van der Waals surface area contributed by atoms with E-state index in [0.717, 1.165) is 37.7 Å². The van der Waals surface area contributed by atoms with E-state index in [-0.39, 0.29) is 45.9 Å². The number of piperazine rings is 1. The number of halogens is 2. The number of carbonyl (C=O) groups is 2. The van der Waals surface area contributed by atoms with Gasteiger partial charge in [-0.15, -0.1) is 0 Å². The Morgan fingerprint density at radius 3 is 2.44 bits per heavy atom.